The van der Waals surface area contributed by atoms with Gasteiger partial charge in [0.1, 0.15) is 0 Å². The van der Waals surface area contributed by atoms with E-state index in [2.05, 4.69) is 10.3 Å². The van der Waals surface area contributed by atoms with Crippen molar-refractivity contribution in [2.45, 2.75) is 45.2 Å². The molecule has 0 aromatic carbocycles. The minimum absolute atomic E-state index is 0.00894. The van der Waals surface area contributed by atoms with E-state index in [4.69, 9.17) is 0 Å². The van der Waals surface area contributed by atoms with Crippen LogP contribution in [0.4, 0.5) is 0 Å². The summed E-state index contributed by atoms with van der Waals surface area (Å²) in [7, 11) is 0. The molecule has 1 aliphatic heterocycles. The van der Waals surface area contributed by atoms with Crippen molar-refractivity contribution in [2.24, 2.45) is 0 Å². The van der Waals surface area contributed by atoms with Crippen molar-refractivity contribution in [3.8, 4) is 0 Å². The van der Waals surface area contributed by atoms with Crippen LogP contribution in [0.5, 0.6) is 0 Å². The van der Waals surface area contributed by atoms with E-state index in [1.54, 1.807) is 16.8 Å². The summed E-state index contributed by atoms with van der Waals surface area (Å²) in [6, 6.07) is -0.370. The molecule has 2 unspecified atom stereocenters. The Morgan fingerprint density at radius 3 is 3.00 bits per heavy atom. The fraction of sp³-hybridized carbons (Fsp3) is 0.615. The van der Waals surface area contributed by atoms with Crippen LogP contribution in [0.2, 0.25) is 0 Å². The third-order valence-electron chi connectivity index (χ3n) is 3.47. The van der Waals surface area contributed by atoms with Gasteiger partial charge in [-0.1, -0.05) is 6.92 Å². The summed E-state index contributed by atoms with van der Waals surface area (Å²) in [5.74, 6) is -0.150. The summed E-state index contributed by atoms with van der Waals surface area (Å²) < 4.78 is 0. The van der Waals surface area contributed by atoms with Gasteiger partial charge in [0.05, 0.1) is 23.7 Å². The Morgan fingerprint density at radius 2 is 2.37 bits per heavy atom. The lowest BCUT2D eigenvalue weighted by atomic mass is 10.2. The molecule has 0 saturated carbocycles. The molecule has 0 aliphatic carbocycles. The number of carbonyl (C=O) groups excluding carboxylic acids is 2. The summed E-state index contributed by atoms with van der Waals surface area (Å²) in [6.45, 7) is 4.56. The molecule has 1 aromatic rings. The molecule has 2 amide bonds. The highest BCUT2D eigenvalue weighted by Crippen LogP contribution is 2.17. The van der Waals surface area contributed by atoms with E-state index in [9.17, 15) is 9.59 Å². The van der Waals surface area contributed by atoms with Gasteiger partial charge in [-0.3, -0.25) is 14.5 Å². The molecule has 0 bridgehead atoms. The molecule has 6 heteroatoms. The largest absolute Gasteiger partial charge is 0.305 e. The molecule has 19 heavy (non-hydrogen) atoms. The zero-order chi connectivity index (χ0) is 13.8. The average molecular weight is 281 g/mol. The Morgan fingerprint density at radius 1 is 1.58 bits per heavy atom. The quantitative estimate of drug-likeness (QED) is 0.796. The van der Waals surface area contributed by atoms with Gasteiger partial charge in [-0.25, -0.2) is 4.98 Å². The zero-order valence-corrected chi connectivity index (χ0v) is 12.1. The van der Waals surface area contributed by atoms with Gasteiger partial charge in [0.15, 0.2) is 0 Å². The molecule has 5 nitrogen and oxygen atoms in total. The van der Waals surface area contributed by atoms with Crippen molar-refractivity contribution < 1.29 is 9.59 Å². The molecule has 0 spiro atoms. The molecule has 104 valence electrons. The van der Waals surface area contributed by atoms with Crippen molar-refractivity contribution in [2.75, 3.05) is 6.54 Å². The fourth-order valence-corrected chi connectivity index (χ4v) is 2.78. The van der Waals surface area contributed by atoms with Crippen LogP contribution in [0.1, 0.15) is 32.4 Å². The predicted molar refractivity (Wildman–Crippen MR) is 73.8 cm³/mol. The highest BCUT2D eigenvalue weighted by Gasteiger charge is 2.40. The Bertz CT molecular complexity index is 447. The van der Waals surface area contributed by atoms with Crippen LogP contribution in [0.25, 0.3) is 0 Å². The maximum atomic E-state index is 12.1. The first kappa shape index (κ1) is 14.1. The van der Waals surface area contributed by atoms with Crippen LogP contribution >= 0.6 is 11.3 Å². The standard InChI is InChI=1S/C13H19N3O2S/c1-3-9(2)16-12(17)6-11(13(16)18)14-5-4-10-7-19-8-15-10/h7-9,11,14H,3-6H2,1-2H3. The Kier molecular flexibility index (Phi) is 4.66. The highest BCUT2D eigenvalue weighted by molar-refractivity contribution is 7.07. The number of likely N-dealkylation sites (tertiary alicyclic amines) is 1. The van der Waals surface area contributed by atoms with Crippen LogP contribution < -0.4 is 5.32 Å². The minimum Gasteiger partial charge on any atom is -0.305 e. The van der Waals surface area contributed by atoms with Crippen molar-refractivity contribution in [3.63, 3.8) is 0 Å². The molecule has 1 saturated heterocycles. The minimum atomic E-state index is -0.361. The van der Waals surface area contributed by atoms with Crippen LogP contribution in [-0.4, -0.2) is 40.3 Å². The number of amides is 2. The molecular formula is C13H19N3O2S. The van der Waals surface area contributed by atoms with Gasteiger partial charge in [-0.05, 0) is 13.3 Å². The highest BCUT2D eigenvalue weighted by atomic mass is 32.1. The van der Waals surface area contributed by atoms with Crippen LogP contribution in [0.15, 0.2) is 10.9 Å². The third-order valence-corrected chi connectivity index (χ3v) is 4.11. The van der Waals surface area contributed by atoms with Gasteiger partial charge in [0, 0.05) is 24.4 Å². The van der Waals surface area contributed by atoms with Gasteiger partial charge in [0.2, 0.25) is 11.8 Å². The second-order valence-corrected chi connectivity index (χ2v) is 5.52. The molecule has 1 aliphatic rings. The van der Waals surface area contributed by atoms with Gasteiger partial charge >= 0.3 is 0 Å². The summed E-state index contributed by atoms with van der Waals surface area (Å²) in [6.07, 6.45) is 1.86. The van der Waals surface area contributed by atoms with E-state index < -0.39 is 0 Å². The number of nitrogens with zero attached hydrogens (tertiary/aromatic N) is 2. The number of aromatic nitrogens is 1. The number of nitrogens with one attached hydrogen (secondary N) is 1. The first-order valence-electron chi connectivity index (χ1n) is 6.59. The molecule has 2 heterocycles. The lowest BCUT2D eigenvalue weighted by molar-refractivity contribution is -0.141. The number of imide groups is 1. The van der Waals surface area contributed by atoms with Crippen LogP contribution in [0.3, 0.4) is 0 Å². The van der Waals surface area contributed by atoms with E-state index in [-0.39, 0.29) is 30.3 Å². The summed E-state index contributed by atoms with van der Waals surface area (Å²) in [5.41, 5.74) is 2.82. The average Bonchev–Trinajstić information content (AvgIpc) is 2.98. The normalized spacial score (nSPS) is 21.2. The first-order valence-corrected chi connectivity index (χ1v) is 7.54. The predicted octanol–water partition coefficient (Wildman–Crippen LogP) is 1.20. The molecule has 0 radical (unpaired) electrons. The molecule has 1 aromatic heterocycles. The summed E-state index contributed by atoms with van der Waals surface area (Å²) in [5, 5.41) is 5.16. The molecule has 1 N–H and O–H groups in total. The third kappa shape index (κ3) is 3.19. The van der Waals surface area contributed by atoms with E-state index >= 15 is 0 Å². The van der Waals surface area contributed by atoms with Crippen molar-refractivity contribution >= 4 is 23.2 Å². The van der Waals surface area contributed by atoms with E-state index in [1.807, 2.05) is 19.2 Å². The number of carbonyl (C=O) groups is 2. The maximum absolute atomic E-state index is 12.1. The van der Waals surface area contributed by atoms with Gasteiger partial charge in [-0.15, -0.1) is 11.3 Å². The Balaban J connectivity index is 1.85. The number of hydrogen-bond acceptors (Lipinski definition) is 5. The lowest BCUT2D eigenvalue weighted by Gasteiger charge is -2.21. The van der Waals surface area contributed by atoms with Crippen molar-refractivity contribution in [3.05, 3.63) is 16.6 Å². The van der Waals surface area contributed by atoms with E-state index in [0.29, 0.717) is 6.54 Å². The molecular weight excluding hydrogens is 262 g/mol. The maximum Gasteiger partial charge on any atom is 0.247 e. The fourth-order valence-electron chi connectivity index (χ4n) is 2.19. The van der Waals surface area contributed by atoms with E-state index in [1.165, 1.54) is 4.90 Å². The number of thiazole rings is 1. The number of hydrogen-bond donors (Lipinski definition) is 1. The second-order valence-electron chi connectivity index (χ2n) is 4.80. The van der Waals surface area contributed by atoms with Crippen molar-refractivity contribution in [1.29, 1.82) is 0 Å². The van der Waals surface area contributed by atoms with Crippen LogP contribution in [0, 0.1) is 0 Å². The smallest absolute Gasteiger partial charge is 0.247 e. The van der Waals surface area contributed by atoms with E-state index in [0.717, 1.165) is 18.5 Å². The topological polar surface area (TPSA) is 62.3 Å². The van der Waals surface area contributed by atoms with Crippen molar-refractivity contribution in [1.82, 2.24) is 15.2 Å². The second kappa shape index (κ2) is 6.25. The zero-order valence-electron chi connectivity index (χ0n) is 11.3. The summed E-state index contributed by atoms with van der Waals surface area (Å²) in [4.78, 5) is 29.6. The first-order chi connectivity index (χ1) is 9.13. The monoisotopic (exact) mass is 281 g/mol. The van der Waals surface area contributed by atoms with Gasteiger partial charge < -0.3 is 5.32 Å². The molecule has 2 rings (SSSR count). The summed E-state index contributed by atoms with van der Waals surface area (Å²) >= 11 is 1.56. The van der Waals surface area contributed by atoms with Gasteiger partial charge in [-0.2, -0.15) is 0 Å². The SMILES string of the molecule is CCC(C)N1C(=O)CC(NCCc2cscn2)C1=O. The number of rotatable bonds is 6. The van der Waals surface area contributed by atoms with Crippen LogP contribution in [-0.2, 0) is 16.0 Å². The Hall–Kier alpha value is -1.27. The van der Waals surface area contributed by atoms with Gasteiger partial charge in [0.25, 0.3) is 0 Å². The Labute approximate surface area is 117 Å². The molecule has 1 fully saturated rings. The lowest BCUT2D eigenvalue weighted by Crippen LogP contribution is -2.43. The molecule has 2 atom stereocenters.